The topological polar surface area (TPSA) is 39.4 Å². The fraction of sp³-hybridized carbons (Fsp3) is 0.545. The summed E-state index contributed by atoms with van der Waals surface area (Å²) in [5.74, 6) is -0.131. The molecule has 14 heavy (non-hydrogen) atoms. The largest absolute Gasteiger partial charge is 0.472 e. The summed E-state index contributed by atoms with van der Waals surface area (Å²) in [6.07, 6.45) is 5.68. The zero-order valence-electron chi connectivity index (χ0n) is 8.71. The van der Waals surface area contributed by atoms with Crippen LogP contribution in [0.2, 0.25) is 0 Å². The number of hydrogen-bond acceptors (Lipinski definition) is 3. The molecule has 0 N–H and O–H groups in total. The maximum Gasteiger partial charge on any atom is 0.305 e. The Bertz CT molecular complexity index is 288. The molecule has 3 nitrogen and oxygen atoms in total. The third-order valence-corrected chi connectivity index (χ3v) is 2.10. The molecule has 0 aromatic carbocycles. The highest BCUT2D eigenvalue weighted by Crippen LogP contribution is 2.10. The monoisotopic (exact) mass is 196 g/mol. The highest BCUT2D eigenvalue weighted by Gasteiger charge is 2.01. The van der Waals surface area contributed by atoms with Gasteiger partial charge in [0.05, 0.1) is 19.1 Å². The van der Waals surface area contributed by atoms with Gasteiger partial charge in [0.15, 0.2) is 0 Å². The molecule has 0 bridgehead atoms. The fourth-order valence-corrected chi connectivity index (χ4v) is 1.19. The van der Waals surface area contributed by atoms with Gasteiger partial charge in [0, 0.05) is 6.42 Å². The van der Waals surface area contributed by atoms with Crippen molar-refractivity contribution in [2.45, 2.75) is 33.1 Å². The van der Waals surface area contributed by atoms with Crippen LogP contribution in [-0.2, 0) is 16.0 Å². The SMILES string of the molecule is CCC(=O)OCCCc1cocc1C. The van der Waals surface area contributed by atoms with Crippen LogP contribution < -0.4 is 0 Å². The molecule has 0 amide bonds. The zero-order valence-corrected chi connectivity index (χ0v) is 8.71. The lowest BCUT2D eigenvalue weighted by Gasteiger charge is -2.02. The van der Waals surface area contributed by atoms with Crippen molar-refractivity contribution in [1.82, 2.24) is 0 Å². The first-order chi connectivity index (χ1) is 6.74. The Morgan fingerprint density at radius 3 is 2.86 bits per heavy atom. The molecule has 1 rings (SSSR count). The van der Waals surface area contributed by atoms with Gasteiger partial charge in [-0.2, -0.15) is 0 Å². The molecule has 0 aliphatic heterocycles. The molecule has 1 heterocycles. The van der Waals surface area contributed by atoms with E-state index in [2.05, 4.69) is 0 Å². The van der Waals surface area contributed by atoms with Crippen molar-refractivity contribution in [2.24, 2.45) is 0 Å². The minimum atomic E-state index is -0.131. The van der Waals surface area contributed by atoms with Gasteiger partial charge in [0.1, 0.15) is 0 Å². The lowest BCUT2D eigenvalue weighted by molar-refractivity contribution is -0.143. The Balaban J connectivity index is 2.16. The average molecular weight is 196 g/mol. The van der Waals surface area contributed by atoms with Crippen molar-refractivity contribution < 1.29 is 13.9 Å². The van der Waals surface area contributed by atoms with E-state index >= 15 is 0 Å². The fourth-order valence-electron chi connectivity index (χ4n) is 1.19. The Morgan fingerprint density at radius 2 is 2.29 bits per heavy atom. The van der Waals surface area contributed by atoms with Crippen molar-refractivity contribution in [1.29, 1.82) is 0 Å². The van der Waals surface area contributed by atoms with Crippen LogP contribution in [0.3, 0.4) is 0 Å². The van der Waals surface area contributed by atoms with Crippen LogP contribution in [0.5, 0.6) is 0 Å². The van der Waals surface area contributed by atoms with Gasteiger partial charge in [0.2, 0.25) is 0 Å². The number of carbonyl (C=O) groups is 1. The van der Waals surface area contributed by atoms with Gasteiger partial charge in [0.25, 0.3) is 0 Å². The number of hydrogen-bond donors (Lipinski definition) is 0. The quantitative estimate of drug-likeness (QED) is 0.536. The van der Waals surface area contributed by atoms with Gasteiger partial charge >= 0.3 is 5.97 Å². The molecule has 0 saturated heterocycles. The second-order valence-corrected chi connectivity index (χ2v) is 3.26. The van der Waals surface area contributed by atoms with Crippen LogP contribution in [-0.4, -0.2) is 12.6 Å². The second-order valence-electron chi connectivity index (χ2n) is 3.26. The standard InChI is InChI=1S/C11H16O3/c1-3-11(12)14-6-4-5-10-8-13-7-9(10)2/h7-8H,3-6H2,1-2H3. The second kappa shape index (κ2) is 5.47. The number of aryl methyl sites for hydroxylation is 2. The summed E-state index contributed by atoms with van der Waals surface area (Å²) in [4.78, 5) is 10.8. The van der Waals surface area contributed by atoms with E-state index in [0.29, 0.717) is 13.0 Å². The van der Waals surface area contributed by atoms with Crippen molar-refractivity contribution >= 4 is 5.97 Å². The number of furan rings is 1. The van der Waals surface area contributed by atoms with E-state index in [9.17, 15) is 4.79 Å². The van der Waals surface area contributed by atoms with E-state index in [1.807, 2.05) is 6.92 Å². The summed E-state index contributed by atoms with van der Waals surface area (Å²) in [6.45, 7) is 4.30. The molecule has 0 aliphatic carbocycles. The van der Waals surface area contributed by atoms with Gasteiger partial charge in [-0.05, 0) is 30.9 Å². The van der Waals surface area contributed by atoms with E-state index in [-0.39, 0.29) is 5.97 Å². The number of carbonyl (C=O) groups excluding carboxylic acids is 1. The molecule has 78 valence electrons. The minimum Gasteiger partial charge on any atom is -0.472 e. The predicted octanol–water partition coefficient (Wildman–Crippen LogP) is 2.47. The molecule has 0 saturated carbocycles. The molecule has 1 aromatic rings. The summed E-state index contributed by atoms with van der Waals surface area (Å²) in [5.41, 5.74) is 2.35. The van der Waals surface area contributed by atoms with Gasteiger partial charge in [-0.3, -0.25) is 4.79 Å². The zero-order chi connectivity index (χ0) is 10.4. The summed E-state index contributed by atoms with van der Waals surface area (Å²) in [6, 6.07) is 0. The van der Waals surface area contributed by atoms with E-state index in [1.165, 1.54) is 5.56 Å². The van der Waals surface area contributed by atoms with Crippen LogP contribution in [0.4, 0.5) is 0 Å². The average Bonchev–Trinajstić information content (AvgIpc) is 2.58. The van der Waals surface area contributed by atoms with Crippen LogP contribution in [0, 0.1) is 6.92 Å². The van der Waals surface area contributed by atoms with Gasteiger partial charge < -0.3 is 9.15 Å². The van der Waals surface area contributed by atoms with E-state index in [0.717, 1.165) is 18.4 Å². The third-order valence-electron chi connectivity index (χ3n) is 2.10. The maximum atomic E-state index is 10.8. The Kier molecular flexibility index (Phi) is 4.23. The van der Waals surface area contributed by atoms with Gasteiger partial charge in [-0.1, -0.05) is 6.92 Å². The normalized spacial score (nSPS) is 10.1. The highest BCUT2D eigenvalue weighted by atomic mass is 16.5. The van der Waals surface area contributed by atoms with Crippen molar-refractivity contribution in [3.8, 4) is 0 Å². The number of ether oxygens (including phenoxy) is 1. The summed E-state index contributed by atoms with van der Waals surface area (Å²) >= 11 is 0. The highest BCUT2D eigenvalue weighted by molar-refractivity contribution is 5.68. The van der Waals surface area contributed by atoms with Crippen LogP contribution in [0.1, 0.15) is 30.9 Å². The first kappa shape index (κ1) is 10.8. The molecular formula is C11H16O3. The van der Waals surface area contributed by atoms with E-state index < -0.39 is 0 Å². The molecule has 0 atom stereocenters. The molecule has 0 aliphatic rings. The molecule has 0 fully saturated rings. The van der Waals surface area contributed by atoms with Crippen LogP contribution in [0.15, 0.2) is 16.9 Å². The van der Waals surface area contributed by atoms with Crippen molar-refractivity contribution in [2.75, 3.05) is 6.61 Å². The summed E-state index contributed by atoms with van der Waals surface area (Å²) in [5, 5.41) is 0. The lowest BCUT2D eigenvalue weighted by atomic mass is 10.1. The van der Waals surface area contributed by atoms with Crippen LogP contribution >= 0.6 is 0 Å². The maximum absolute atomic E-state index is 10.8. The predicted molar refractivity (Wildman–Crippen MR) is 53.0 cm³/mol. The molecule has 0 spiro atoms. The Labute approximate surface area is 84.1 Å². The number of esters is 1. The first-order valence-electron chi connectivity index (χ1n) is 4.91. The van der Waals surface area contributed by atoms with Crippen molar-refractivity contribution in [3.63, 3.8) is 0 Å². The summed E-state index contributed by atoms with van der Waals surface area (Å²) in [7, 11) is 0. The van der Waals surface area contributed by atoms with Crippen molar-refractivity contribution in [3.05, 3.63) is 23.7 Å². The molecular weight excluding hydrogens is 180 g/mol. The smallest absolute Gasteiger partial charge is 0.305 e. The lowest BCUT2D eigenvalue weighted by Crippen LogP contribution is -2.04. The van der Waals surface area contributed by atoms with Gasteiger partial charge in [-0.25, -0.2) is 0 Å². The number of rotatable bonds is 5. The molecule has 0 radical (unpaired) electrons. The van der Waals surface area contributed by atoms with Crippen LogP contribution in [0.25, 0.3) is 0 Å². The molecule has 3 heteroatoms. The molecule has 1 aromatic heterocycles. The minimum absolute atomic E-state index is 0.131. The Morgan fingerprint density at radius 1 is 1.50 bits per heavy atom. The molecule has 0 unspecified atom stereocenters. The van der Waals surface area contributed by atoms with E-state index in [1.54, 1.807) is 19.5 Å². The van der Waals surface area contributed by atoms with E-state index in [4.69, 9.17) is 9.15 Å². The Hall–Kier alpha value is -1.25. The first-order valence-corrected chi connectivity index (χ1v) is 4.91. The summed E-state index contributed by atoms with van der Waals surface area (Å²) < 4.78 is 10.00. The van der Waals surface area contributed by atoms with Gasteiger partial charge in [-0.15, -0.1) is 0 Å². The third kappa shape index (κ3) is 3.24.